The largest absolute Gasteiger partial charge is 0.496 e. The van der Waals surface area contributed by atoms with Gasteiger partial charge in [-0.2, -0.15) is 0 Å². The molecule has 0 bridgehead atoms. The number of ether oxygens (including phenoxy) is 1. The maximum absolute atomic E-state index is 11.4. The van der Waals surface area contributed by atoms with Crippen molar-refractivity contribution in [3.63, 3.8) is 0 Å². The molecule has 0 aromatic heterocycles. The molecule has 1 aromatic rings. The predicted molar refractivity (Wildman–Crippen MR) is 74.0 cm³/mol. The molecule has 0 aliphatic rings. The third kappa shape index (κ3) is 3.46. The normalized spacial score (nSPS) is 13.4. The van der Waals surface area contributed by atoms with Crippen LogP contribution in [0, 0.1) is 13.8 Å². The second-order valence-electron chi connectivity index (χ2n) is 4.56. The summed E-state index contributed by atoms with van der Waals surface area (Å²) in [7, 11) is 0.314. The van der Waals surface area contributed by atoms with Crippen molar-refractivity contribution in [2.45, 2.75) is 19.9 Å². The molecule has 0 radical (unpaired) electrons. The first-order chi connectivity index (χ1) is 8.30. The van der Waals surface area contributed by atoms with Crippen LogP contribution < -0.4 is 10.1 Å². The fourth-order valence-electron chi connectivity index (χ4n) is 1.99. The highest BCUT2D eigenvalue weighted by atomic mass is 32.2. The van der Waals surface area contributed by atoms with Crippen molar-refractivity contribution in [2.75, 3.05) is 26.2 Å². The van der Waals surface area contributed by atoms with Crippen LogP contribution in [-0.2, 0) is 9.84 Å². The Morgan fingerprint density at radius 3 is 2.39 bits per heavy atom. The second-order valence-corrected chi connectivity index (χ2v) is 6.75. The van der Waals surface area contributed by atoms with Crippen molar-refractivity contribution in [1.82, 2.24) is 5.32 Å². The van der Waals surface area contributed by atoms with E-state index in [0.29, 0.717) is 0 Å². The Bertz CT molecular complexity index is 523. The minimum Gasteiger partial charge on any atom is -0.496 e. The molecule has 0 amide bonds. The first-order valence-corrected chi connectivity index (χ1v) is 7.85. The van der Waals surface area contributed by atoms with Gasteiger partial charge in [-0.25, -0.2) is 8.42 Å². The molecule has 102 valence electrons. The number of sulfone groups is 1. The van der Waals surface area contributed by atoms with E-state index in [4.69, 9.17) is 4.74 Å². The number of nitrogens with one attached hydrogen (secondary N) is 1. The van der Waals surface area contributed by atoms with E-state index in [2.05, 4.69) is 5.32 Å². The van der Waals surface area contributed by atoms with Gasteiger partial charge in [0.15, 0.2) is 0 Å². The first-order valence-electron chi connectivity index (χ1n) is 5.79. The molecular weight excluding hydrogens is 250 g/mol. The molecule has 0 spiro atoms. The third-order valence-electron chi connectivity index (χ3n) is 3.10. The number of hydrogen-bond acceptors (Lipinski definition) is 4. The standard InChI is InChI=1S/C13H21NO3S/c1-9-6-7-11(13(17-4)10(9)2)12(14-3)8-18(5,15)16/h6-7,12,14H,8H2,1-5H3. The summed E-state index contributed by atoms with van der Waals surface area (Å²) in [6.45, 7) is 3.98. The zero-order chi connectivity index (χ0) is 13.9. The summed E-state index contributed by atoms with van der Waals surface area (Å²) in [6, 6.07) is 3.65. The van der Waals surface area contributed by atoms with Gasteiger partial charge in [-0.3, -0.25) is 0 Å². The smallest absolute Gasteiger partial charge is 0.149 e. The zero-order valence-corrected chi connectivity index (χ0v) is 12.4. The molecule has 1 rings (SSSR count). The monoisotopic (exact) mass is 271 g/mol. The van der Waals surface area contributed by atoms with Gasteiger partial charge < -0.3 is 10.1 Å². The Morgan fingerprint density at radius 1 is 1.33 bits per heavy atom. The van der Waals surface area contributed by atoms with Gasteiger partial charge >= 0.3 is 0 Å². The molecule has 0 heterocycles. The maximum atomic E-state index is 11.4. The van der Waals surface area contributed by atoms with E-state index in [1.807, 2.05) is 26.0 Å². The third-order valence-corrected chi connectivity index (χ3v) is 4.04. The van der Waals surface area contributed by atoms with E-state index in [1.165, 1.54) is 6.26 Å². The molecule has 0 saturated carbocycles. The lowest BCUT2D eigenvalue weighted by atomic mass is 10.00. The Kier molecular flexibility index (Phi) is 4.76. The van der Waals surface area contributed by atoms with E-state index in [0.717, 1.165) is 22.4 Å². The van der Waals surface area contributed by atoms with Crippen LogP contribution in [0.5, 0.6) is 5.75 Å². The van der Waals surface area contributed by atoms with Crippen molar-refractivity contribution in [2.24, 2.45) is 0 Å². The second kappa shape index (κ2) is 5.71. The van der Waals surface area contributed by atoms with Crippen LogP contribution in [0.25, 0.3) is 0 Å². The fourth-order valence-corrected chi connectivity index (χ4v) is 2.94. The highest BCUT2D eigenvalue weighted by Gasteiger charge is 2.20. The lowest BCUT2D eigenvalue weighted by Crippen LogP contribution is -2.25. The van der Waals surface area contributed by atoms with Crippen molar-refractivity contribution in [1.29, 1.82) is 0 Å². The molecule has 5 heteroatoms. The van der Waals surface area contributed by atoms with E-state index in [-0.39, 0.29) is 11.8 Å². The van der Waals surface area contributed by atoms with Crippen LogP contribution in [0.2, 0.25) is 0 Å². The Balaban J connectivity index is 3.26. The molecule has 0 saturated heterocycles. The molecule has 18 heavy (non-hydrogen) atoms. The fraction of sp³-hybridized carbons (Fsp3) is 0.538. The minimum absolute atomic E-state index is 0.0579. The summed E-state index contributed by atoms with van der Waals surface area (Å²) in [5.41, 5.74) is 3.06. The predicted octanol–water partition coefficient (Wildman–Crippen LogP) is 1.62. The summed E-state index contributed by atoms with van der Waals surface area (Å²) in [6.07, 6.45) is 1.24. The van der Waals surface area contributed by atoms with Crippen molar-refractivity contribution in [3.8, 4) is 5.75 Å². The highest BCUT2D eigenvalue weighted by Crippen LogP contribution is 2.31. The van der Waals surface area contributed by atoms with E-state index in [1.54, 1.807) is 14.2 Å². The highest BCUT2D eigenvalue weighted by molar-refractivity contribution is 7.90. The summed E-state index contributed by atoms with van der Waals surface area (Å²) in [4.78, 5) is 0. The van der Waals surface area contributed by atoms with E-state index >= 15 is 0 Å². The molecular formula is C13H21NO3S. The van der Waals surface area contributed by atoms with Crippen LogP contribution in [0.4, 0.5) is 0 Å². The Morgan fingerprint density at radius 2 is 1.94 bits per heavy atom. The quantitative estimate of drug-likeness (QED) is 0.884. The summed E-state index contributed by atoms with van der Waals surface area (Å²) in [5, 5.41) is 3.04. The Hall–Kier alpha value is -1.07. The lowest BCUT2D eigenvalue weighted by Gasteiger charge is -2.21. The topological polar surface area (TPSA) is 55.4 Å². The molecule has 1 unspecified atom stereocenters. The van der Waals surface area contributed by atoms with Gasteiger partial charge in [0.25, 0.3) is 0 Å². The molecule has 0 fully saturated rings. The maximum Gasteiger partial charge on any atom is 0.149 e. The summed E-state index contributed by atoms with van der Waals surface area (Å²) in [5.74, 6) is 0.820. The van der Waals surface area contributed by atoms with Gasteiger partial charge in [-0.05, 0) is 32.0 Å². The average molecular weight is 271 g/mol. The number of benzene rings is 1. The number of aryl methyl sites for hydroxylation is 1. The summed E-state index contributed by atoms with van der Waals surface area (Å²) < 4.78 is 28.3. The van der Waals surface area contributed by atoms with Crippen LogP contribution in [0.15, 0.2) is 12.1 Å². The van der Waals surface area contributed by atoms with Crippen molar-refractivity contribution >= 4 is 9.84 Å². The van der Waals surface area contributed by atoms with Crippen LogP contribution >= 0.6 is 0 Å². The van der Waals surface area contributed by atoms with Gasteiger partial charge in [0, 0.05) is 17.9 Å². The molecule has 0 aliphatic heterocycles. The Labute approximate surface area is 109 Å². The van der Waals surface area contributed by atoms with Gasteiger partial charge in [0.1, 0.15) is 15.6 Å². The number of rotatable bonds is 5. The van der Waals surface area contributed by atoms with Crippen molar-refractivity contribution in [3.05, 3.63) is 28.8 Å². The molecule has 0 aliphatic carbocycles. The summed E-state index contributed by atoms with van der Waals surface area (Å²) >= 11 is 0. The zero-order valence-electron chi connectivity index (χ0n) is 11.6. The van der Waals surface area contributed by atoms with Crippen LogP contribution in [-0.4, -0.2) is 34.6 Å². The number of methoxy groups -OCH3 is 1. The SMILES string of the molecule is CNC(CS(C)(=O)=O)c1ccc(C)c(C)c1OC. The van der Waals surface area contributed by atoms with Gasteiger partial charge in [0.2, 0.25) is 0 Å². The first kappa shape index (κ1) is 15.0. The molecule has 1 aromatic carbocycles. The molecule has 1 atom stereocenters. The van der Waals surface area contributed by atoms with E-state index in [9.17, 15) is 8.42 Å². The van der Waals surface area contributed by atoms with Crippen LogP contribution in [0.3, 0.4) is 0 Å². The van der Waals surface area contributed by atoms with Gasteiger partial charge in [-0.1, -0.05) is 12.1 Å². The van der Waals surface area contributed by atoms with Gasteiger partial charge in [-0.15, -0.1) is 0 Å². The average Bonchev–Trinajstić information content (AvgIpc) is 2.28. The lowest BCUT2D eigenvalue weighted by molar-refractivity contribution is 0.400. The molecule has 1 N–H and O–H groups in total. The van der Waals surface area contributed by atoms with E-state index < -0.39 is 9.84 Å². The van der Waals surface area contributed by atoms with Crippen LogP contribution in [0.1, 0.15) is 22.7 Å². The van der Waals surface area contributed by atoms with Crippen molar-refractivity contribution < 1.29 is 13.2 Å². The minimum atomic E-state index is -3.05. The van der Waals surface area contributed by atoms with Gasteiger partial charge in [0.05, 0.1) is 12.9 Å². The number of hydrogen-bond donors (Lipinski definition) is 1. The molecule has 4 nitrogen and oxygen atoms in total.